The van der Waals surface area contributed by atoms with Crippen molar-refractivity contribution in [2.45, 2.75) is 32.4 Å². The second-order valence-electron chi connectivity index (χ2n) is 7.08. The van der Waals surface area contributed by atoms with Crippen LogP contribution in [0.25, 0.3) is 0 Å². The van der Waals surface area contributed by atoms with Gasteiger partial charge in [-0.1, -0.05) is 0 Å². The van der Waals surface area contributed by atoms with Crippen LogP contribution >= 0.6 is 0 Å². The maximum Gasteiger partial charge on any atom is 0.325 e. The van der Waals surface area contributed by atoms with Crippen molar-refractivity contribution in [3.63, 3.8) is 0 Å². The highest BCUT2D eigenvalue weighted by molar-refractivity contribution is 6.08. The summed E-state index contributed by atoms with van der Waals surface area (Å²) < 4.78 is 0. The summed E-state index contributed by atoms with van der Waals surface area (Å²) in [7, 11) is 3.75. The number of rotatable bonds is 3. The SMILES string of the molecule is CN(C)c1cc2c(nn1)CCN(C(=O)CN1C(=O)NC(C)(C)C1=O)C2. The largest absolute Gasteiger partial charge is 0.361 e. The fourth-order valence-corrected chi connectivity index (χ4v) is 2.95. The first kappa shape index (κ1) is 17.1. The Morgan fingerprint density at radius 1 is 1.32 bits per heavy atom. The first-order valence-electron chi connectivity index (χ1n) is 8.14. The predicted molar refractivity (Wildman–Crippen MR) is 89.8 cm³/mol. The third-order valence-corrected chi connectivity index (χ3v) is 4.48. The van der Waals surface area contributed by atoms with Crippen molar-refractivity contribution in [1.82, 2.24) is 25.3 Å². The van der Waals surface area contributed by atoms with Crippen LogP contribution in [0.15, 0.2) is 6.07 Å². The topological polar surface area (TPSA) is 98.7 Å². The van der Waals surface area contributed by atoms with Crippen LogP contribution in [0.4, 0.5) is 10.6 Å². The first-order chi connectivity index (χ1) is 11.7. The lowest BCUT2D eigenvalue weighted by atomic mass is 10.1. The summed E-state index contributed by atoms with van der Waals surface area (Å²) in [5.41, 5.74) is 0.851. The Morgan fingerprint density at radius 2 is 2.04 bits per heavy atom. The number of carbonyl (C=O) groups excluding carboxylic acids is 3. The number of amides is 4. The van der Waals surface area contributed by atoms with Crippen LogP contribution in [0.5, 0.6) is 0 Å². The van der Waals surface area contributed by atoms with E-state index in [1.807, 2.05) is 25.1 Å². The van der Waals surface area contributed by atoms with E-state index in [1.165, 1.54) is 0 Å². The molecule has 1 N–H and O–H groups in total. The monoisotopic (exact) mass is 346 g/mol. The highest BCUT2D eigenvalue weighted by Crippen LogP contribution is 2.21. The van der Waals surface area contributed by atoms with Crippen molar-refractivity contribution in [1.29, 1.82) is 0 Å². The minimum atomic E-state index is -0.970. The third kappa shape index (κ3) is 3.13. The van der Waals surface area contributed by atoms with Gasteiger partial charge in [0.15, 0.2) is 5.82 Å². The fraction of sp³-hybridized carbons (Fsp3) is 0.562. The van der Waals surface area contributed by atoms with Crippen LogP contribution in [0, 0.1) is 0 Å². The number of hydrogen-bond donors (Lipinski definition) is 1. The average molecular weight is 346 g/mol. The van der Waals surface area contributed by atoms with Gasteiger partial charge in [-0.05, 0) is 25.5 Å². The number of imide groups is 1. The van der Waals surface area contributed by atoms with E-state index in [9.17, 15) is 14.4 Å². The molecular formula is C16H22N6O3. The van der Waals surface area contributed by atoms with E-state index >= 15 is 0 Å². The molecule has 0 aliphatic carbocycles. The van der Waals surface area contributed by atoms with Gasteiger partial charge in [-0.2, -0.15) is 5.10 Å². The first-order valence-corrected chi connectivity index (χ1v) is 8.14. The van der Waals surface area contributed by atoms with Crippen LogP contribution in [0.2, 0.25) is 0 Å². The summed E-state index contributed by atoms with van der Waals surface area (Å²) in [5, 5.41) is 10.9. The van der Waals surface area contributed by atoms with Crippen molar-refractivity contribution in [3.8, 4) is 0 Å². The number of fused-ring (bicyclic) bond motifs is 1. The van der Waals surface area contributed by atoms with Crippen LogP contribution in [0.1, 0.15) is 25.1 Å². The number of anilines is 1. The Bertz CT molecular complexity index is 745. The zero-order valence-corrected chi connectivity index (χ0v) is 14.9. The molecule has 2 aliphatic rings. The molecule has 3 heterocycles. The highest BCUT2D eigenvalue weighted by Gasteiger charge is 2.45. The molecule has 1 saturated heterocycles. The third-order valence-electron chi connectivity index (χ3n) is 4.48. The molecule has 0 saturated carbocycles. The fourth-order valence-electron chi connectivity index (χ4n) is 2.95. The van der Waals surface area contributed by atoms with Gasteiger partial charge in [-0.15, -0.1) is 5.10 Å². The molecule has 134 valence electrons. The molecule has 1 aromatic heterocycles. The number of nitrogens with one attached hydrogen (secondary N) is 1. The Hall–Kier alpha value is -2.71. The summed E-state index contributed by atoms with van der Waals surface area (Å²) in [6.45, 7) is 3.89. The summed E-state index contributed by atoms with van der Waals surface area (Å²) in [5.74, 6) is 0.0861. The van der Waals surface area contributed by atoms with Gasteiger partial charge < -0.3 is 15.1 Å². The molecular weight excluding hydrogens is 324 g/mol. The minimum Gasteiger partial charge on any atom is -0.361 e. The zero-order valence-electron chi connectivity index (χ0n) is 14.9. The van der Waals surface area contributed by atoms with Gasteiger partial charge in [0, 0.05) is 33.6 Å². The lowest BCUT2D eigenvalue weighted by Gasteiger charge is -2.29. The smallest absolute Gasteiger partial charge is 0.325 e. The maximum absolute atomic E-state index is 12.6. The average Bonchev–Trinajstić information content (AvgIpc) is 2.75. The molecule has 1 fully saturated rings. The van der Waals surface area contributed by atoms with E-state index in [1.54, 1.807) is 18.7 Å². The van der Waals surface area contributed by atoms with Gasteiger partial charge in [0.25, 0.3) is 5.91 Å². The van der Waals surface area contributed by atoms with Crippen molar-refractivity contribution in [2.24, 2.45) is 0 Å². The van der Waals surface area contributed by atoms with Gasteiger partial charge in [0.2, 0.25) is 5.91 Å². The number of aromatic nitrogens is 2. The standard InChI is InChI=1S/C16H22N6O3/c1-16(2)14(24)22(15(25)17-16)9-13(23)21-6-5-11-10(8-21)7-12(19-18-11)20(3)4/h7H,5-6,8-9H2,1-4H3,(H,17,25). The van der Waals surface area contributed by atoms with Gasteiger partial charge in [0.05, 0.1) is 5.69 Å². The van der Waals surface area contributed by atoms with E-state index in [4.69, 9.17) is 0 Å². The summed E-state index contributed by atoms with van der Waals surface area (Å²) in [6.07, 6.45) is 0.605. The molecule has 0 spiro atoms. The molecule has 1 aromatic rings. The normalized spacial score (nSPS) is 18.9. The van der Waals surface area contributed by atoms with E-state index in [-0.39, 0.29) is 18.4 Å². The quantitative estimate of drug-likeness (QED) is 0.759. The summed E-state index contributed by atoms with van der Waals surface area (Å²) in [6, 6.07) is 1.39. The minimum absolute atomic E-state index is 0.248. The second-order valence-corrected chi connectivity index (χ2v) is 7.08. The number of nitrogens with zero attached hydrogens (tertiary/aromatic N) is 5. The molecule has 9 heteroatoms. The molecule has 0 bridgehead atoms. The van der Waals surface area contributed by atoms with Crippen molar-refractivity contribution in [2.75, 3.05) is 32.1 Å². The molecule has 0 radical (unpaired) electrons. The predicted octanol–water partition coefficient (Wildman–Crippen LogP) is -0.242. The molecule has 9 nitrogen and oxygen atoms in total. The van der Waals surface area contributed by atoms with Gasteiger partial charge in [-0.25, -0.2) is 4.79 Å². The zero-order chi connectivity index (χ0) is 18.4. The molecule has 0 aromatic carbocycles. The molecule has 0 unspecified atom stereocenters. The number of urea groups is 1. The Labute approximate surface area is 146 Å². The Morgan fingerprint density at radius 3 is 2.64 bits per heavy atom. The van der Waals surface area contributed by atoms with Crippen molar-refractivity contribution in [3.05, 3.63) is 17.3 Å². The van der Waals surface area contributed by atoms with Crippen LogP contribution < -0.4 is 10.2 Å². The summed E-state index contributed by atoms with van der Waals surface area (Å²) in [4.78, 5) is 41.2. The molecule has 2 aliphatic heterocycles. The van der Waals surface area contributed by atoms with E-state index in [2.05, 4.69) is 15.5 Å². The van der Waals surface area contributed by atoms with E-state index < -0.39 is 11.6 Å². The number of hydrogen-bond acceptors (Lipinski definition) is 6. The summed E-state index contributed by atoms with van der Waals surface area (Å²) >= 11 is 0. The molecule has 25 heavy (non-hydrogen) atoms. The molecule has 3 rings (SSSR count). The lowest BCUT2D eigenvalue weighted by Crippen LogP contribution is -2.46. The van der Waals surface area contributed by atoms with Gasteiger partial charge >= 0.3 is 6.03 Å². The van der Waals surface area contributed by atoms with Crippen molar-refractivity contribution < 1.29 is 14.4 Å². The van der Waals surface area contributed by atoms with Crippen molar-refractivity contribution >= 4 is 23.7 Å². The molecule has 0 atom stereocenters. The van der Waals surface area contributed by atoms with Crippen LogP contribution in [-0.2, 0) is 22.6 Å². The van der Waals surface area contributed by atoms with E-state index in [0.717, 1.165) is 22.0 Å². The Balaban J connectivity index is 1.71. The van der Waals surface area contributed by atoms with Crippen LogP contribution in [0.3, 0.4) is 0 Å². The van der Waals surface area contributed by atoms with Gasteiger partial charge in [-0.3, -0.25) is 14.5 Å². The van der Waals surface area contributed by atoms with Gasteiger partial charge in [0.1, 0.15) is 12.1 Å². The second kappa shape index (κ2) is 5.98. The van der Waals surface area contributed by atoms with E-state index in [0.29, 0.717) is 19.5 Å². The molecule has 4 amide bonds. The Kier molecular flexibility index (Phi) is 4.09. The number of carbonyl (C=O) groups is 3. The maximum atomic E-state index is 12.6. The highest BCUT2D eigenvalue weighted by atomic mass is 16.2. The van der Waals surface area contributed by atoms with Crippen LogP contribution in [-0.4, -0.2) is 70.6 Å². The lowest BCUT2D eigenvalue weighted by molar-refractivity contribution is -0.139.